The number of phenols is 1. The van der Waals surface area contributed by atoms with E-state index >= 15 is 0 Å². The van der Waals surface area contributed by atoms with Gasteiger partial charge in [0.1, 0.15) is 11.3 Å². The molecule has 0 spiro atoms. The Balaban J connectivity index is 1.90. The molecule has 0 atom stereocenters. The Hall–Kier alpha value is -3.20. The third-order valence-electron chi connectivity index (χ3n) is 4.54. The molecule has 144 valence electrons. The quantitative estimate of drug-likeness (QED) is 0.581. The zero-order valence-electron chi connectivity index (χ0n) is 14.8. The van der Waals surface area contributed by atoms with Crippen LogP contribution in [-0.2, 0) is 23.0 Å². The highest BCUT2D eigenvalue weighted by Gasteiger charge is 2.30. The molecular formula is C19H16FN3O4S. The van der Waals surface area contributed by atoms with Crippen LogP contribution in [0.3, 0.4) is 0 Å². The minimum atomic E-state index is -3.64. The van der Waals surface area contributed by atoms with Gasteiger partial charge in [-0.15, -0.1) is 0 Å². The lowest BCUT2D eigenvalue weighted by Gasteiger charge is -2.15. The van der Waals surface area contributed by atoms with Crippen molar-refractivity contribution in [2.75, 3.05) is 11.0 Å². The van der Waals surface area contributed by atoms with Gasteiger partial charge in [0.05, 0.1) is 17.5 Å². The standard InChI is InChI=1S/C19H16FN3O4S/c1-28(26,27)23-16-13-7-11(6-10-2-4-12(20)5-3-10)8-21-17(13)18(24)15-14(16)9-22-19(15)25/h2-5,7-8,23-24H,6,9H2,1H3,(H,22,25). The summed E-state index contributed by atoms with van der Waals surface area (Å²) in [5.74, 6) is -1.10. The number of carbonyl (C=O) groups is 1. The summed E-state index contributed by atoms with van der Waals surface area (Å²) in [7, 11) is -3.64. The number of anilines is 1. The first-order valence-corrected chi connectivity index (χ1v) is 10.3. The third-order valence-corrected chi connectivity index (χ3v) is 5.11. The number of pyridine rings is 1. The summed E-state index contributed by atoms with van der Waals surface area (Å²) in [5.41, 5.74) is 2.34. The summed E-state index contributed by atoms with van der Waals surface area (Å²) in [6.07, 6.45) is 2.99. The maximum Gasteiger partial charge on any atom is 0.255 e. The minimum absolute atomic E-state index is 0.0254. The molecule has 2 aromatic carbocycles. The fraction of sp³-hybridized carbons (Fsp3) is 0.158. The monoisotopic (exact) mass is 401 g/mol. The van der Waals surface area contributed by atoms with Crippen molar-refractivity contribution in [2.45, 2.75) is 13.0 Å². The average molecular weight is 401 g/mol. The fourth-order valence-corrected chi connectivity index (χ4v) is 3.96. The number of halogens is 1. The fourth-order valence-electron chi connectivity index (χ4n) is 3.35. The van der Waals surface area contributed by atoms with Gasteiger partial charge in [-0.25, -0.2) is 12.8 Å². The number of benzene rings is 2. The molecule has 0 saturated carbocycles. The Bertz CT molecular complexity index is 1220. The molecule has 4 rings (SSSR count). The van der Waals surface area contributed by atoms with Crippen molar-refractivity contribution in [3.63, 3.8) is 0 Å². The number of nitrogens with zero attached hydrogens (tertiary/aromatic N) is 1. The number of rotatable bonds is 4. The molecule has 0 bridgehead atoms. The largest absolute Gasteiger partial charge is 0.505 e. The second kappa shape index (κ2) is 6.45. The lowest BCUT2D eigenvalue weighted by Crippen LogP contribution is -2.13. The van der Waals surface area contributed by atoms with Gasteiger partial charge >= 0.3 is 0 Å². The molecule has 0 saturated heterocycles. The summed E-state index contributed by atoms with van der Waals surface area (Å²) < 4.78 is 39.3. The summed E-state index contributed by atoms with van der Waals surface area (Å²) >= 11 is 0. The van der Waals surface area contributed by atoms with Crippen molar-refractivity contribution < 1.29 is 22.7 Å². The number of fused-ring (bicyclic) bond motifs is 2. The van der Waals surface area contributed by atoms with Crippen LogP contribution in [0.4, 0.5) is 10.1 Å². The van der Waals surface area contributed by atoms with Crippen LogP contribution in [0.1, 0.15) is 27.0 Å². The van der Waals surface area contributed by atoms with E-state index in [2.05, 4.69) is 15.0 Å². The number of aromatic nitrogens is 1. The van der Waals surface area contributed by atoms with Gasteiger partial charge < -0.3 is 10.4 Å². The Labute approximate surface area is 160 Å². The highest BCUT2D eigenvalue weighted by molar-refractivity contribution is 7.92. The maximum atomic E-state index is 13.1. The van der Waals surface area contributed by atoms with E-state index in [1.54, 1.807) is 18.2 Å². The summed E-state index contributed by atoms with van der Waals surface area (Å²) in [6, 6.07) is 7.73. The number of phenolic OH excluding ortho intramolecular Hbond substituents is 1. The molecule has 3 aromatic rings. The highest BCUT2D eigenvalue weighted by Crippen LogP contribution is 2.40. The normalized spacial score (nSPS) is 13.4. The van der Waals surface area contributed by atoms with E-state index in [-0.39, 0.29) is 34.9 Å². The third kappa shape index (κ3) is 3.24. The van der Waals surface area contributed by atoms with Gasteiger partial charge in [-0.2, -0.15) is 0 Å². The number of nitrogens with one attached hydrogen (secondary N) is 2. The van der Waals surface area contributed by atoms with Crippen molar-refractivity contribution in [1.29, 1.82) is 0 Å². The first kappa shape index (κ1) is 18.2. The summed E-state index contributed by atoms with van der Waals surface area (Å²) in [4.78, 5) is 16.3. The van der Waals surface area contributed by atoms with Crippen LogP contribution in [0.5, 0.6) is 5.75 Å². The second-order valence-electron chi connectivity index (χ2n) is 6.68. The SMILES string of the molecule is CS(=O)(=O)Nc1c2c(c(O)c3ncc(Cc4ccc(F)cc4)cc13)C(=O)NC2. The van der Waals surface area contributed by atoms with Crippen LogP contribution in [0.2, 0.25) is 0 Å². The lowest BCUT2D eigenvalue weighted by atomic mass is 9.99. The molecule has 0 aliphatic carbocycles. The molecule has 3 N–H and O–H groups in total. The topological polar surface area (TPSA) is 108 Å². The molecule has 0 radical (unpaired) electrons. The van der Waals surface area contributed by atoms with Gasteiger partial charge in [-0.1, -0.05) is 12.1 Å². The summed E-state index contributed by atoms with van der Waals surface area (Å²) in [5, 5.41) is 13.5. The molecule has 1 aliphatic rings. The van der Waals surface area contributed by atoms with Crippen LogP contribution in [0.15, 0.2) is 36.5 Å². The molecule has 0 unspecified atom stereocenters. The van der Waals surface area contributed by atoms with Gasteiger partial charge in [-0.3, -0.25) is 14.5 Å². The van der Waals surface area contributed by atoms with Gasteiger partial charge in [0, 0.05) is 23.7 Å². The molecular weight excluding hydrogens is 385 g/mol. The first-order valence-electron chi connectivity index (χ1n) is 8.40. The van der Waals surface area contributed by atoms with Gasteiger partial charge in [0.2, 0.25) is 10.0 Å². The molecule has 1 aliphatic heterocycles. The van der Waals surface area contributed by atoms with Crippen molar-refractivity contribution in [1.82, 2.24) is 10.3 Å². The number of aromatic hydroxyl groups is 1. The van der Waals surface area contributed by atoms with E-state index in [0.29, 0.717) is 17.4 Å². The lowest BCUT2D eigenvalue weighted by molar-refractivity contribution is 0.0963. The van der Waals surface area contributed by atoms with E-state index in [1.165, 1.54) is 18.3 Å². The van der Waals surface area contributed by atoms with Crippen LogP contribution >= 0.6 is 0 Å². The van der Waals surface area contributed by atoms with Gasteiger partial charge in [0.15, 0.2) is 5.75 Å². The average Bonchev–Trinajstić information content (AvgIpc) is 3.02. The smallest absolute Gasteiger partial charge is 0.255 e. The predicted molar refractivity (Wildman–Crippen MR) is 102 cm³/mol. The summed E-state index contributed by atoms with van der Waals surface area (Å²) in [6.45, 7) is 0.0950. The number of amides is 1. The van der Waals surface area contributed by atoms with Crippen molar-refractivity contribution in [3.8, 4) is 5.75 Å². The Kier molecular flexibility index (Phi) is 4.19. The predicted octanol–water partition coefficient (Wildman–Crippen LogP) is 2.29. The van der Waals surface area contributed by atoms with Gasteiger partial charge in [-0.05, 0) is 35.7 Å². The molecule has 2 heterocycles. The van der Waals surface area contributed by atoms with Crippen LogP contribution in [-0.4, -0.2) is 30.7 Å². The molecule has 7 nitrogen and oxygen atoms in total. The highest BCUT2D eigenvalue weighted by atomic mass is 32.2. The van der Waals surface area contributed by atoms with Crippen LogP contribution in [0, 0.1) is 5.82 Å². The van der Waals surface area contributed by atoms with E-state index in [1.807, 2.05) is 0 Å². The molecule has 9 heteroatoms. The molecule has 0 fully saturated rings. The Morgan fingerprint density at radius 2 is 1.96 bits per heavy atom. The van der Waals surface area contributed by atoms with Crippen LogP contribution < -0.4 is 10.0 Å². The van der Waals surface area contributed by atoms with E-state index in [0.717, 1.165) is 17.4 Å². The zero-order chi connectivity index (χ0) is 20.1. The molecule has 1 amide bonds. The first-order chi connectivity index (χ1) is 13.2. The number of sulfonamides is 1. The second-order valence-corrected chi connectivity index (χ2v) is 8.43. The van der Waals surface area contributed by atoms with Gasteiger partial charge in [0.25, 0.3) is 5.91 Å². The van der Waals surface area contributed by atoms with E-state index in [4.69, 9.17) is 0 Å². The number of hydrogen-bond donors (Lipinski definition) is 3. The number of hydrogen-bond acceptors (Lipinski definition) is 5. The van der Waals surface area contributed by atoms with E-state index in [9.17, 15) is 22.7 Å². The van der Waals surface area contributed by atoms with Crippen molar-refractivity contribution >= 4 is 32.5 Å². The minimum Gasteiger partial charge on any atom is -0.505 e. The zero-order valence-corrected chi connectivity index (χ0v) is 15.6. The molecule has 28 heavy (non-hydrogen) atoms. The van der Waals surface area contributed by atoms with Crippen molar-refractivity contribution in [3.05, 3.63) is 64.6 Å². The van der Waals surface area contributed by atoms with E-state index < -0.39 is 15.9 Å². The Morgan fingerprint density at radius 3 is 2.64 bits per heavy atom. The Morgan fingerprint density at radius 1 is 1.25 bits per heavy atom. The van der Waals surface area contributed by atoms with Crippen molar-refractivity contribution in [2.24, 2.45) is 0 Å². The maximum absolute atomic E-state index is 13.1. The van der Waals surface area contributed by atoms with Crippen LogP contribution in [0.25, 0.3) is 10.9 Å². The number of carbonyl (C=O) groups excluding carboxylic acids is 1. The molecule has 1 aromatic heterocycles.